The number of carboxylic acids is 1. The zero-order valence-electron chi connectivity index (χ0n) is 10.5. The standard InChI is InChI=1S/C12H15N3O4/c1-7-2-8(12(18)19)6-15(5-7)11(17)9-3-13-14-4-10(9)16/h3-4,7-8H,2,5-6H2,1H3,(H,13,16)(H,18,19). The van der Waals surface area contributed by atoms with Crippen LogP contribution in [-0.2, 0) is 4.79 Å². The molecule has 2 rings (SSSR count). The van der Waals surface area contributed by atoms with E-state index in [9.17, 15) is 14.4 Å². The lowest BCUT2D eigenvalue weighted by molar-refractivity contribution is -0.143. The molecule has 2 unspecified atom stereocenters. The third-order valence-corrected chi connectivity index (χ3v) is 3.26. The molecule has 2 atom stereocenters. The van der Waals surface area contributed by atoms with E-state index in [1.54, 1.807) is 0 Å². The summed E-state index contributed by atoms with van der Waals surface area (Å²) in [5.74, 6) is -1.83. The molecular weight excluding hydrogens is 250 g/mol. The number of hydrogen-bond donors (Lipinski definition) is 2. The van der Waals surface area contributed by atoms with Crippen LogP contribution in [0.15, 0.2) is 17.2 Å². The fourth-order valence-corrected chi connectivity index (χ4v) is 2.37. The van der Waals surface area contributed by atoms with Crippen molar-refractivity contribution >= 4 is 11.9 Å². The van der Waals surface area contributed by atoms with Crippen LogP contribution in [-0.4, -0.2) is 45.2 Å². The Hall–Kier alpha value is -2.18. The second-order valence-corrected chi connectivity index (χ2v) is 4.90. The second kappa shape index (κ2) is 5.21. The minimum atomic E-state index is -0.909. The molecule has 0 aliphatic carbocycles. The van der Waals surface area contributed by atoms with E-state index in [2.05, 4.69) is 10.2 Å². The number of carbonyl (C=O) groups excluding carboxylic acids is 1. The topological polar surface area (TPSA) is 103 Å². The molecule has 1 aliphatic rings. The number of nitrogens with zero attached hydrogens (tertiary/aromatic N) is 2. The maximum absolute atomic E-state index is 12.2. The van der Waals surface area contributed by atoms with Gasteiger partial charge in [0.25, 0.3) is 5.91 Å². The number of amides is 1. The molecular formula is C12H15N3O4. The highest BCUT2D eigenvalue weighted by Gasteiger charge is 2.32. The minimum absolute atomic E-state index is 0.00626. The molecule has 1 fully saturated rings. The van der Waals surface area contributed by atoms with Crippen LogP contribution in [0.2, 0.25) is 0 Å². The lowest BCUT2D eigenvalue weighted by Gasteiger charge is -2.34. The van der Waals surface area contributed by atoms with Crippen LogP contribution in [0.3, 0.4) is 0 Å². The van der Waals surface area contributed by atoms with Crippen molar-refractivity contribution in [2.75, 3.05) is 13.1 Å². The van der Waals surface area contributed by atoms with Gasteiger partial charge in [-0.1, -0.05) is 6.92 Å². The van der Waals surface area contributed by atoms with Gasteiger partial charge in [-0.2, -0.15) is 5.10 Å². The van der Waals surface area contributed by atoms with E-state index in [-0.39, 0.29) is 18.0 Å². The zero-order valence-corrected chi connectivity index (χ0v) is 10.5. The Bertz CT molecular complexity index is 554. The molecule has 2 N–H and O–H groups in total. The Labute approximate surface area is 109 Å². The largest absolute Gasteiger partial charge is 0.481 e. The predicted molar refractivity (Wildman–Crippen MR) is 65.7 cm³/mol. The molecule has 102 valence electrons. The van der Waals surface area contributed by atoms with Crippen LogP contribution in [0.1, 0.15) is 23.7 Å². The van der Waals surface area contributed by atoms with E-state index in [4.69, 9.17) is 5.11 Å². The van der Waals surface area contributed by atoms with E-state index in [1.807, 2.05) is 6.92 Å². The number of aliphatic carboxylic acids is 1. The van der Waals surface area contributed by atoms with Gasteiger partial charge in [-0.3, -0.25) is 19.5 Å². The van der Waals surface area contributed by atoms with Gasteiger partial charge < -0.3 is 10.0 Å². The first-order chi connectivity index (χ1) is 8.99. The number of carbonyl (C=O) groups is 2. The van der Waals surface area contributed by atoms with E-state index in [0.29, 0.717) is 13.0 Å². The van der Waals surface area contributed by atoms with Crippen LogP contribution >= 0.6 is 0 Å². The molecule has 7 heteroatoms. The molecule has 1 amide bonds. The number of piperidine rings is 1. The van der Waals surface area contributed by atoms with Crippen molar-refractivity contribution in [3.8, 4) is 0 Å². The first-order valence-corrected chi connectivity index (χ1v) is 6.04. The first-order valence-electron chi connectivity index (χ1n) is 6.04. The predicted octanol–water partition coefficient (Wildman–Crippen LogP) is -0.0473. The van der Waals surface area contributed by atoms with Gasteiger partial charge in [-0.25, -0.2) is 0 Å². The van der Waals surface area contributed by atoms with E-state index >= 15 is 0 Å². The molecule has 0 radical (unpaired) electrons. The summed E-state index contributed by atoms with van der Waals surface area (Å²) in [6.07, 6.45) is 2.83. The van der Waals surface area contributed by atoms with Crippen molar-refractivity contribution in [3.05, 3.63) is 28.2 Å². The van der Waals surface area contributed by atoms with E-state index in [1.165, 1.54) is 11.1 Å². The second-order valence-electron chi connectivity index (χ2n) is 4.90. The Morgan fingerprint density at radius 1 is 1.47 bits per heavy atom. The summed E-state index contributed by atoms with van der Waals surface area (Å²) in [5.41, 5.74) is -0.470. The SMILES string of the molecule is CC1CC(C(=O)O)CN(C(=O)c2c[nH]ncc2=O)C1. The van der Waals surface area contributed by atoms with Crippen molar-refractivity contribution in [2.24, 2.45) is 11.8 Å². The number of hydrogen-bond acceptors (Lipinski definition) is 4. The lowest BCUT2D eigenvalue weighted by atomic mass is 9.90. The van der Waals surface area contributed by atoms with Crippen LogP contribution in [0, 0.1) is 11.8 Å². The van der Waals surface area contributed by atoms with Gasteiger partial charge in [0.05, 0.1) is 12.1 Å². The van der Waals surface area contributed by atoms with Gasteiger partial charge in [-0.15, -0.1) is 0 Å². The van der Waals surface area contributed by atoms with Gasteiger partial charge in [0.1, 0.15) is 5.56 Å². The Morgan fingerprint density at radius 3 is 2.84 bits per heavy atom. The van der Waals surface area contributed by atoms with Gasteiger partial charge in [0.2, 0.25) is 5.43 Å². The number of aromatic amines is 1. The quantitative estimate of drug-likeness (QED) is 0.780. The van der Waals surface area contributed by atoms with Crippen molar-refractivity contribution < 1.29 is 14.7 Å². The minimum Gasteiger partial charge on any atom is -0.481 e. The van der Waals surface area contributed by atoms with E-state index in [0.717, 1.165) is 6.20 Å². The van der Waals surface area contributed by atoms with Crippen LogP contribution in [0.5, 0.6) is 0 Å². The molecule has 7 nitrogen and oxygen atoms in total. The third kappa shape index (κ3) is 2.81. The molecule has 0 aromatic carbocycles. The number of rotatable bonds is 2. The molecule has 0 bridgehead atoms. The smallest absolute Gasteiger partial charge is 0.308 e. The number of nitrogens with one attached hydrogen (secondary N) is 1. The number of carboxylic acid groups (broad SMARTS) is 1. The molecule has 1 aromatic rings. The summed E-state index contributed by atoms with van der Waals surface area (Å²) >= 11 is 0. The summed E-state index contributed by atoms with van der Waals surface area (Å²) in [4.78, 5) is 36.3. The Kier molecular flexibility index (Phi) is 3.64. The average Bonchev–Trinajstić information content (AvgIpc) is 2.37. The van der Waals surface area contributed by atoms with Crippen LogP contribution in [0.25, 0.3) is 0 Å². The molecule has 2 heterocycles. The number of H-pyrrole nitrogens is 1. The molecule has 19 heavy (non-hydrogen) atoms. The van der Waals surface area contributed by atoms with Crippen LogP contribution < -0.4 is 5.43 Å². The number of aromatic nitrogens is 2. The summed E-state index contributed by atoms with van der Waals surface area (Å²) in [6.45, 7) is 2.50. The fourth-order valence-electron chi connectivity index (χ4n) is 2.37. The van der Waals surface area contributed by atoms with Crippen molar-refractivity contribution in [2.45, 2.75) is 13.3 Å². The molecule has 1 aromatic heterocycles. The van der Waals surface area contributed by atoms with Crippen molar-refractivity contribution in [1.82, 2.24) is 15.1 Å². The molecule has 1 saturated heterocycles. The normalized spacial score (nSPS) is 23.1. The summed E-state index contributed by atoms with van der Waals surface area (Å²) < 4.78 is 0. The van der Waals surface area contributed by atoms with Gasteiger partial charge >= 0.3 is 5.97 Å². The maximum Gasteiger partial charge on any atom is 0.308 e. The maximum atomic E-state index is 12.2. The Morgan fingerprint density at radius 2 is 2.21 bits per heavy atom. The highest BCUT2D eigenvalue weighted by Crippen LogP contribution is 2.22. The van der Waals surface area contributed by atoms with Crippen molar-refractivity contribution in [1.29, 1.82) is 0 Å². The third-order valence-electron chi connectivity index (χ3n) is 3.26. The summed E-state index contributed by atoms with van der Waals surface area (Å²) in [5, 5.41) is 15.0. The molecule has 0 spiro atoms. The summed E-state index contributed by atoms with van der Waals surface area (Å²) in [7, 11) is 0. The van der Waals surface area contributed by atoms with Gasteiger partial charge in [0.15, 0.2) is 0 Å². The van der Waals surface area contributed by atoms with Crippen LogP contribution in [0.4, 0.5) is 0 Å². The fraction of sp³-hybridized carbons (Fsp3) is 0.500. The Balaban J connectivity index is 2.21. The van der Waals surface area contributed by atoms with Gasteiger partial charge in [-0.05, 0) is 12.3 Å². The average molecular weight is 265 g/mol. The highest BCUT2D eigenvalue weighted by atomic mass is 16.4. The first kappa shape index (κ1) is 13.3. The molecule has 0 saturated carbocycles. The zero-order chi connectivity index (χ0) is 14.0. The number of likely N-dealkylation sites (tertiary alicyclic amines) is 1. The van der Waals surface area contributed by atoms with E-state index < -0.39 is 23.2 Å². The molecule has 1 aliphatic heterocycles. The monoisotopic (exact) mass is 265 g/mol. The summed E-state index contributed by atoms with van der Waals surface area (Å²) in [6, 6.07) is 0. The van der Waals surface area contributed by atoms with Gasteiger partial charge in [0, 0.05) is 19.3 Å². The van der Waals surface area contributed by atoms with Crippen molar-refractivity contribution in [3.63, 3.8) is 0 Å². The lowest BCUT2D eigenvalue weighted by Crippen LogP contribution is -2.46. The highest BCUT2D eigenvalue weighted by molar-refractivity contribution is 5.94.